The summed E-state index contributed by atoms with van der Waals surface area (Å²) in [6.07, 6.45) is 0.740. The van der Waals surface area contributed by atoms with Crippen LogP contribution in [0.15, 0.2) is 22.6 Å². The number of aromatic nitrogens is 1. The van der Waals surface area contributed by atoms with Crippen molar-refractivity contribution in [2.75, 3.05) is 6.61 Å². The van der Waals surface area contributed by atoms with Crippen molar-refractivity contribution < 1.29 is 13.9 Å². The van der Waals surface area contributed by atoms with Crippen molar-refractivity contribution >= 4 is 17.1 Å². The molecule has 0 spiro atoms. The Balaban J connectivity index is 2.39. The van der Waals surface area contributed by atoms with Crippen LogP contribution < -0.4 is 0 Å². The molecule has 1 heterocycles. The van der Waals surface area contributed by atoms with Crippen molar-refractivity contribution in [3.8, 4) is 0 Å². The molecule has 0 atom stereocenters. The minimum Gasteiger partial charge on any atom is -0.462 e. The molecular weight excluding hydrogens is 206 g/mol. The van der Waals surface area contributed by atoms with E-state index in [4.69, 9.17) is 9.15 Å². The van der Waals surface area contributed by atoms with E-state index < -0.39 is 0 Å². The number of oxazole rings is 1. The zero-order chi connectivity index (χ0) is 11.5. The van der Waals surface area contributed by atoms with Crippen molar-refractivity contribution in [3.05, 3.63) is 29.7 Å². The van der Waals surface area contributed by atoms with Gasteiger partial charge in [-0.1, -0.05) is 6.92 Å². The van der Waals surface area contributed by atoms with Crippen molar-refractivity contribution in [1.82, 2.24) is 4.98 Å². The highest BCUT2D eigenvalue weighted by molar-refractivity contribution is 5.93. The Morgan fingerprint density at radius 3 is 2.94 bits per heavy atom. The summed E-state index contributed by atoms with van der Waals surface area (Å²) < 4.78 is 10.4. The van der Waals surface area contributed by atoms with E-state index in [0.717, 1.165) is 6.42 Å². The SMILES string of the molecule is CCOC(=O)c1ccc2oc(CC)nc2c1. The lowest BCUT2D eigenvalue weighted by Gasteiger charge is -2.00. The van der Waals surface area contributed by atoms with Gasteiger partial charge in [-0.2, -0.15) is 0 Å². The highest BCUT2D eigenvalue weighted by Crippen LogP contribution is 2.18. The Kier molecular flexibility index (Phi) is 2.90. The predicted molar refractivity (Wildman–Crippen MR) is 59.3 cm³/mol. The number of carbonyl (C=O) groups is 1. The molecule has 0 aliphatic heterocycles. The third-order valence-corrected chi connectivity index (χ3v) is 2.25. The largest absolute Gasteiger partial charge is 0.462 e. The van der Waals surface area contributed by atoms with Crippen LogP contribution in [0.2, 0.25) is 0 Å². The summed E-state index contributed by atoms with van der Waals surface area (Å²) in [5, 5.41) is 0. The Labute approximate surface area is 93.2 Å². The van der Waals surface area contributed by atoms with Crippen LogP contribution in [0.1, 0.15) is 30.1 Å². The van der Waals surface area contributed by atoms with E-state index in [9.17, 15) is 4.79 Å². The minimum atomic E-state index is -0.328. The summed E-state index contributed by atoms with van der Waals surface area (Å²) in [4.78, 5) is 15.7. The zero-order valence-corrected chi connectivity index (χ0v) is 9.32. The van der Waals surface area contributed by atoms with Gasteiger partial charge >= 0.3 is 5.97 Å². The van der Waals surface area contributed by atoms with Crippen LogP contribution in [0.3, 0.4) is 0 Å². The Hall–Kier alpha value is -1.84. The van der Waals surface area contributed by atoms with E-state index >= 15 is 0 Å². The van der Waals surface area contributed by atoms with Gasteiger partial charge in [-0.25, -0.2) is 9.78 Å². The van der Waals surface area contributed by atoms with Gasteiger partial charge in [0.05, 0.1) is 12.2 Å². The van der Waals surface area contributed by atoms with Crippen molar-refractivity contribution in [3.63, 3.8) is 0 Å². The van der Waals surface area contributed by atoms with Gasteiger partial charge in [0.15, 0.2) is 11.5 Å². The predicted octanol–water partition coefficient (Wildman–Crippen LogP) is 2.57. The summed E-state index contributed by atoms with van der Waals surface area (Å²) >= 11 is 0. The minimum absolute atomic E-state index is 0.328. The monoisotopic (exact) mass is 219 g/mol. The number of esters is 1. The zero-order valence-electron chi connectivity index (χ0n) is 9.32. The Morgan fingerprint density at radius 1 is 1.44 bits per heavy atom. The fraction of sp³-hybridized carbons (Fsp3) is 0.333. The van der Waals surface area contributed by atoms with Crippen molar-refractivity contribution in [2.45, 2.75) is 20.3 Å². The first kappa shape index (κ1) is 10.7. The van der Waals surface area contributed by atoms with Gasteiger partial charge in [-0.15, -0.1) is 0 Å². The number of ether oxygens (including phenoxy) is 1. The summed E-state index contributed by atoms with van der Waals surface area (Å²) in [7, 11) is 0. The second-order valence-corrected chi connectivity index (χ2v) is 3.36. The summed E-state index contributed by atoms with van der Waals surface area (Å²) in [6, 6.07) is 5.12. The van der Waals surface area contributed by atoms with Gasteiger partial charge < -0.3 is 9.15 Å². The number of fused-ring (bicyclic) bond motifs is 1. The molecule has 0 saturated heterocycles. The van der Waals surface area contributed by atoms with E-state index in [1.807, 2.05) is 6.92 Å². The molecule has 0 amide bonds. The molecule has 84 valence electrons. The van der Waals surface area contributed by atoms with Gasteiger partial charge in [0.25, 0.3) is 0 Å². The number of benzene rings is 1. The molecular formula is C12H13NO3. The molecule has 0 aliphatic rings. The third kappa shape index (κ3) is 1.91. The van der Waals surface area contributed by atoms with Crippen LogP contribution >= 0.6 is 0 Å². The lowest BCUT2D eigenvalue weighted by Crippen LogP contribution is -2.03. The second-order valence-electron chi connectivity index (χ2n) is 3.36. The lowest BCUT2D eigenvalue weighted by atomic mass is 10.2. The smallest absolute Gasteiger partial charge is 0.338 e. The average molecular weight is 219 g/mol. The number of rotatable bonds is 3. The van der Waals surface area contributed by atoms with Gasteiger partial charge in [-0.3, -0.25) is 0 Å². The highest BCUT2D eigenvalue weighted by atomic mass is 16.5. The molecule has 0 fully saturated rings. The molecule has 2 rings (SSSR count). The lowest BCUT2D eigenvalue weighted by molar-refractivity contribution is 0.0526. The molecule has 4 nitrogen and oxygen atoms in total. The Bertz CT molecular complexity index is 516. The number of hydrogen-bond donors (Lipinski definition) is 0. The fourth-order valence-electron chi connectivity index (χ4n) is 1.47. The summed E-state index contributed by atoms with van der Waals surface area (Å²) in [6.45, 7) is 4.12. The van der Waals surface area contributed by atoms with Crippen LogP contribution in [0.25, 0.3) is 11.1 Å². The molecule has 16 heavy (non-hydrogen) atoms. The van der Waals surface area contributed by atoms with Gasteiger partial charge in [0, 0.05) is 6.42 Å². The standard InChI is InChI=1S/C12H13NO3/c1-3-11-13-9-7-8(12(14)15-4-2)5-6-10(9)16-11/h5-7H,3-4H2,1-2H3. The molecule has 0 saturated carbocycles. The third-order valence-electron chi connectivity index (χ3n) is 2.25. The second kappa shape index (κ2) is 4.35. The van der Waals surface area contributed by atoms with Crippen molar-refractivity contribution in [1.29, 1.82) is 0 Å². The van der Waals surface area contributed by atoms with Crippen molar-refractivity contribution in [2.24, 2.45) is 0 Å². The molecule has 1 aromatic heterocycles. The van der Waals surface area contributed by atoms with E-state index in [2.05, 4.69) is 4.98 Å². The maximum absolute atomic E-state index is 11.5. The fourth-order valence-corrected chi connectivity index (χ4v) is 1.47. The number of carbonyl (C=O) groups excluding carboxylic acids is 1. The first-order valence-corrected chi connectivity index (χ1v) is 5.31. The van der Waals surface area contributed by atoms with Crippen LogP contribution in [0.5, 0.6) is 0 Å². The van der Waals surface area contributed by atoms with Crippen LogP contribution in [0, 0.1) is 0 Å². The molecule has 0 aliphatic carbocycles. The number of aryl methyl sites for hydroxylation is 1. The molecule has 0 radical (unpaired) electrons. The first-order valence-electron chi connectivity index (χ1n) is 5.31. The molecule has 0 bridgehead atoms. The maximum atomic E-state index is 11.5. The van der Waals surface area contributed by atoms with E-state index in [1.54, 1.807) is 25.1 Å². The molecule has 1 aromatic carbocycles. The maximum Gasteiger partial charge on any atom is 0.338 e. The summed E-state index contributed by atoms with van der Waals surface area (Å²) in [5.74, 6) is 0.349. The average Bonchev–Trinajstić information content (AvgIpc) is 2.70. The number of nitrogens with zero attached hydrogens (tertiary/aromatic N) is 1. The van der Waals surface area contributed by atoms with Gasteiger partial charge in [0.1, 0.15) is 5.52 Å². The number of hydrogen-bond acceptors (Lipinski definition) is 4. The van der Waals surface area contributed by atoms with Crippen LogP contribution in [-0.2, 0) is 11.2 Å². The topological polar surface area (TPSA) is 52.3 Å². The first-order chi connectivity index (χ1) is 7.74. The van der Waals surface area contributed by atoms with Gasteiger partial charge in [-0.05, 0) is 25.1 Å². The van der Waals surface area contributed by atoms with E-state index in [0.29, 0.717) is 29.2 Å². The Morgan fingerprint density at radius 2 is 2.25 bits per heavy atom. The van der Waals surface area contributed by atoms with E-state index in [-0.39, 0.29) is 5.97 Å². The highest BCUT2D eigenvalue weighted by Gasteiger charge is 2.10. The quantitative estimate of drug-likeness (QED) is 0.744. The van der Waals surface area contributed by atoms with Gasteiger partial charge in [0.2, 0.25) is 0 Å². The molecule has 0 unspecified atom stereocenters. The van der Waals surface area contributed by atoms with Crippen LogP contribution in [0.4, 0.5) is 0 Å². The van der Waals surface area contributed by atoms with E-state index in [1.165, 1.54) is 0 Å². The summed E-state index contributed by atoms with van der Waals surface area (Å²) in [5.41, 5.74) is 1.90. The van der Waals surface area contributed by atoms with Crippen LogP contribution in [-0.4, -0.2) is 17.6 Å². The normalized spacial score (nSPS) is 10.6. The molecule has 0 N–H and O–H groups in total. The molecule has 2 aromatic rings. The molecule has 4 heteroatoms.